The number of nitrogens with one attached hydrogen (secondary N) is 2. The summed E-state index contributed by atoms with van der Waals surface area (Å²) in [5.41, 5.74) is -1.09. The zero-order chi connectivity index (χ0) is 24.7. The highest BCUT2D eigenvalue weighted by Gasteiger charge is 2.31. The Labute approximate surface area is 199 Å². The van der Waals surface area contributed by atoms with Gasteiger partial charge in [0.25, 0.3) is 0 Å². The number of nitrogens with zero attached hydrogens (tertiary/aromatic N) is 4. The minimum atomic E-state index is -0.824. The van der Waals surface area contributed by atoms with Crippen LogP contribution in [0.2, 0.25) is 5.02 Å². The van der Waals surface area contributed by atoms with Gasteiger partial charge in [-0.2, -0.15) is 5.11 Å². The number of carbonyl (C=O) groups excluding carboxylic acids is 1. The molecule has 1 amide bonds. The number of nitro groups is 2. The van der Waals surface area contributed by atoms with E-state index in [1.807, 2.05) is 0 Å². The number of hydrogen-bond donors (Lipinski definition) is 2. The summed E-state index contributed by atoms with van der Waals surface area (Å²) in [5.74, 6) is 0.102. The van der Waals surface area contributed by atoms with Crippen LogP contribution in [0.4, 0.5) is 28.4 Å². The maximum Gasteiger partial charge on any atom is 0.305 e. The number of anilines is 2. The Morgan fingerprint density at radius 2 is 1.76 bits per heavy atom. The largest absolute Gasteiger partial charge is 0.497 e. The maximum atomic E-state index is 12.2. The Bertz CT molecular complexity index is 1100. The molecule has 0 spiro atoms. The molecule has 0 heterocycles. The third-order valence-corrected chi connectivity index (χ3v) is 5.67. The molecule has 3 rings (SSSR count). The molecule has 0 aromatic heterocycles. The van der Waals surface area contributed by atoms with Gasteiger partial charge < -0.3 is 15.4 Å². The Morgan fingerprint density at radius 3 is 2.35 bits per heavy atom. The fourth-order valence-corrected chi connectivity index (χ4v) is 3.91. The molecule has 1 saturated carbocycles. The van der Waals surface area contributed by atoms with Crippen LogP contribution in [0.1, 0.15) is 32.1 Å². The zero-order valence-electron chi connectivity index (χ0n) is 18.3. The van der Waals surface area contributed by atoms with Gasteiger partial charge in [-0.1, -0.05) is 30.9 Å². The van der Waals surface area contributed by atoms with Crippen molar-refractivity contribution in [3.8, 4) is 5.75 Å². The molecule has 0 saturated heterocycles. The molecule has 0 aliphatic heterocycles. The van der Waals surface area contributed by atoms with E-state index >= 15 is 0 Å². The quantitative estimate of drug-likeness (QED) is 0.261. The van der Waals surface area contributed by atoms with Crippen LogP contribution in [0, 0.1) is 20.2 Å². The van der Waals surface area contributed by atoms with Crippen LogP contribution in [-0.4, -0.2) is 35.5 Å². The van der Waals surface area contributed by atoms with E-state index in [4.69, 9.17) is 16.3 Å². The molecule has 2 aromatic rings. The van der Waals surface area contributed by atoms with Gasteiger partial charge >= 0.3 is 11.4 Å². The lowest BCUT2D eigenvalue weighted by Gasteiger charge is -2.24. The number of methoxy groups -OCH3 is 1. The fourth-order valence-electron chi connectivity index (χ4n) is 3.63. The standard InChI is InChI=1S/C21H23ClN6O6/c1-34-15-9-7-14(8-10-15)24-18(29)12-23-26-21-17(28(32)33)11-16(27(30)31)20(19(21)22)25-13-5-3-2-4-6-13/h7-11,13,25H,2-6,12H2,1H3,(H,24,29). The zero-order valence-corrected chi connectivity index (χ0v) is 19.1. The molecule has 1 aliphatic carbocycles. The Morgan fingerprint density at radius 1 is 1.12 bits per heavy atom. The minimum Gasteiger partial charge on any atom is -0.497 e. The first kappa shape index (κ1) is 24.8. The summed E-state index contributed by atoms with van der Waals surface area (Å²) >= 11 is 6.36. The van der Waals surface area contributed by atoms with Crippen LogP contribution < -0.4 is 15.4 Å². The molecule has 34 heavy (non-hydrogen) atoms. The van der Waals surface area contributed by atoms with Gasteiger partial charge in [0.15, 0.2) is 5.69 Å². The summed E-state index contributed by atoms with van der Waals surface area (Å²) in [6, 6.07) is 7.36. The summed E-state index contributed by atoms with van der Waals surface area (Å²) in [5, 5.41) is 36.1. The first-order valence-corrected chi connectivity index (χ1v) is 10.9. The van der Waals surface area contributed by atoms with Crippen molar-refractivity contribution in [1.29, 1.82) is 0 Å². The molecular weight excluding hydrogens is 468 g/mol. The number of benzene rings is 2. The van der Waals surface area contributed by atoms with E-state index in [2.05, 4.69) is 20.9 Å². The third kappa shape index (κ3) is 6.16. The van der Waals surface area contributed by atoms with Crippen LogP contribution >= 0.6 is 11.6 Å². The van der Waals surface area contributed by atoms with E-state index in [9.17, 15) is 25.0 Å². The van der Waals surface area contributed by atoms with Gasteiger partial charge in [-0.3, -0.25) is 25.0 Å². The number of ether oxygens (including phenoxy) is 1. The number of nitro benzene ring substituents is 2. The topological polar surface area (TPSA) is 161 Å². The van der Waals surface area contributed by atoms with Gasteiger partial charge in [-0.05, 0) is 37.1 Å². The van der Waals surface area contributed by atoms with Crippen molar-refractivity contribution in [2.75, 3.05) is 24.3 Å². The van der Waals surface area contributed by atoms with E-state index in [0.29, 0.717) is 11.4 Å². The van der Waals surface area contributed by atoms with Gasteiger partial charge in [0.05, 0.1) is 23.0 Å². The van der Waals surface area contributed by atoms with Crippen LogP contribution in [0.25, 0.3) is 0 Å². The maximum absolute atomic E-state index is 12.2. The van der Waals surface area contributed by atoms with E-state index < -0.39 is 33.7 Å². The van der Waals surface area contributed by atoms with E-state index in [1.54, 1.807) is 24.3 Å². The molecule has 0 bridgehead atoms. The average molecular weight is 491 g/mol. The smallest absolute Gasteiger partial charge is 0.305 e. The van der Waals surface area contributed by atoms with Gasteiger partial charge in [0.1, 0.15) is 23.0 Å². The second-order valence-electron chi connectivity index (χ2n) is 7.62. The Kier molecular flexibility index (Phi) is 8.30. The van der Waals surface area contributed by atoms with Crippen molar-refractivity contribution in [3.63, 3.8) is 0 Å². The van der Waals surface area contributed by atoms with Gasteiger partial charge in [-0.25, -0.2) is 0 Å². The highest BCUT2D eigenvalue weighted by atomic mass is 35.5. The predicted molar refractivity (Wildman–Crippen MR) is 126 cm³/mol. The summed E-state index contributed by atoms with van der Waals surface area (Å²) < 4.78 is 5.05. The van der Waals surface area contributed by atoms with Crippen molar-refractivity contribution in [1.82, 2.24) is 0 Å². The normalized spacial score (nSPS) is 14.1. The molecule has 180 valence electrons. The summed E-state index contributed by atoms with van der Waals surface area (Å²) in [4.78, 5) is 33.8. The van der Waals surface area contributed by atoms with Gasteiger partial charge in [-0.15, -0.1) is 5.11 Å². The number of halogens is 1. The summed E-state index contributed by atoms with van der Waals surface area (Å²) in [7, 11) is 1.52. The molecule has 2 aromatic carbocycles. The first-order chi connectivity index (χ1) is 16.3. The lowest BCUT2D eigenvalue weighted by molar-refractivity contribution is -0.393. The van der Waals surface area contributed by atoms with Gasteiger partial charge in [0.2, 0.25) is 5.91 Å². The fraction of sp³-hybridized carbons (Fsp3) is 0.381. The van der Waals surface area contributed by atoms with Gasteiger partial charge in [0, 0.05) is 11.7 Å². The second kappa shape index (κ2) is 11.4. The number of azo groups is 1. The molecular formula is C21H23ClN6O6. The monoisotopic (exact) mass is 490 g/mol. The SMILES string of the molecule is COc1ccc(NC(=O)CN=Nc2c([N+](=O)[O-])cc([N+](=O)[O-])c(NC3CCCCC3)c2Cl)cc1. The predicted octanol–water partition coefficient (Wildman–Crippen LogP) is 5.63. The van der Waals surface area contributed by atoms with E-state index in [-0.39, 0.29) is 22.4 Å². The third-order valence-electron chi connectivity index (χ3n) is 5.31. The van der Waals surface area contributed by atoms with Crippen LogP contribution in [-0.2, 0) is 4.79 Å². The van der Waals surface area contributed by atoms with E-state index in [1.165, 1.54) is 7.11 Å². The number of rotatable bonds is 9. The van der Waals surface area contributed by atoms with Crippen LogP contribution in [0.15, 0.2) is 40.6 Å². The number of carbonyl (C=O) groups is 1. The first-order valence-electron chi connectivity index (χ1n) is 10.5. The number of amides is 1. The summed E-state index contributed by atoms with van der Waals surface area (Å²) in [6.07, 6.45) is 4.60. The highest BCUT2D eigenvalue weighted by Crippen LogP contribution is 2.46. The van der Waals surface area contributed by atoms with Crippen LogP contribution in [0.3, 0.4) is 0 Å². The molecule has 0 unspecified atom stereocenters. The molecule has 1 fully saturated rings. The second-order valence-corrected chi connectivity index (χ2v) is 8.00. The molecule has 0 radical (unpaired) electrons. The molecule has 2 N–H and O–H groups in total. The summed E-state index contributed by atoms with van der Waals surface area (Å²) in [6.45, 7) is -0.443. The van der Waals surface area contributed by atoms with Crippen molar-refractivity contribution >= 4 is 45.9 Å². The molecule has 1 aliphatic rings. The molecule has 0 atom stereocenters. The Balaban J connectivity index is 1.83. The number of hydrogen-bond acceptors (Lipinski definition) is 9. The van der Waals surface area contributed by atoms with Crippen molar-refractivity contribution in [3.05, 3.63) is 55.6 Å². The van der Waals surface area contributed by atoms with E-state index in [0.717, 1.165) is 38.2 Å². The van der Waals surface area contributed by atoms with Crippen molar-refractivity contribution in [2.45, 2.75) is 38.1 Å². The minimum absolute atomic E-state index is 0.0409. The lowest BCUT2D eigenvalue weighted by Crippen LogP contribution is -2.23. The Hall–Kier alpha value is -3.80. The van der Waals surface area contributed by atoms with Crippen LogP contribution in [0.5, 0.6) is 5.75 Å². The van der Waals surface area contributed by atoms with Crippen molar-refractivity contribution < 1.29 is 19.4 Å². The highest BCUT2D eigenvalue weighted by molar-refractivity contribution is 6.36. The molecule has 13 heteroatoms. The lowest BCUT2D eigenvalue weighted by atomic mass is 9.95. The van der Waals surface area contributed by atoms with Crippen molar-refractivity contribution in [2.24, 2.45) is 10.2 Å². The molecule has 12 nitrogen and oxygen atoms in total. The average Bonchev–Trinajstić information content (AvgIpc) is 2.82.